The molecule has 1 N–H and O–H groups in total. The monoisotopic (exact) mass is 514 g/mol. The number of benzene rings is 3. The van der Waals surface area contributed by atoms with Crippen molar-refractivity contribution in [2.75, 3.05) is 0 Å². The minimum Gasteiger partial charge on any atom is -0.350 e. The lowest BCUT2D eigenvalue weighted by molar-refractivity contribution is -0.141. The van der Waals surface area contributed by atoms with Gasteiger partial charge >= 0.3 is 0 Å². The molecular formula is C28H29Cl2FN2O2. The number of halogens is 3. The first-order valence-electron chi connectivity index (χ1n) is 11.4. The van der Waals surface area contributed by atoms with Crippen molar-refractivity contribution in [2.24, 2.45) is 0 Å². The van der Waals surface area contributed by atoms with Crippen molar-refractivity contribution in [3.63, 3.8) is 0 Å². The highest BCUT2D eigenvalue weighted by molar-refractivity contribution is 6.35. The first kappa shape index (κ1) is 26.7. The van der Waals surface area contributed by atoms with E-state index >= 15 is 0 Å². The molecule has 0 heterocycles. The SMILES string of the molecule is CC(C)(C)NC(=O)[C@@H](Cc1ccccc1)N(Cc1ccccc1F)C(=O)Cc1ccc(Cl)cc1Cl. The van der Waals surface area contributed by atoms with Crippen LogP contribution in [0.4, 0.5) is 4.39 Å². The van der Waals surface area contributed by atoms with E-state index in [-0.39, 0.29) is 31.2 Å². The van der Waals surface area contributed by atoms with Crippen molar-refractivity contribution in [1.82, 2.24) is 10.2 Å². The van der Waals surface area contributed by atoms with Gasteiger partial charge in [0.25, 0.3) is 0 Å². The Kier molecular flexibility index (Phi) is 8.92. The Morgan fingerprint density at radius 1 is 0.943 bits per heavy atom. The van der Waals surface area contributed by atoms with E-state index in [4.69, 9.17) is 23.2 Å². The van der Waals surface area contributed by atoms with Crippen LogP contribution in [0, 0.1) is 5.82 Å². The molecule has 4 nitrogen and oxygen atoms in total. The predicted molar refractivity (Wildman–Crippen MR) is 139 cm³/mol. The number of nitrogens with zero attached hydrogens (tertiary/aromatic N) is 1. The second-order valence-corrected chi connectivity index (χ2v) is 10.3. The summed E-state index contributed by atoms with van der Waals surface area (Å²) in [5.41, 5.74) is 1.27. The quantitative estimate of drug-likeness (QED) is 0.387. The van der Waals surface area contributed by atoms with Crippen LogP contribution in [-0.4, -0.2) is 28.3 Å². The van der Waals surface area contributed by atoms with Crippen molar-refractivity contribution in [3.05, 3.63) is 105 Å². The number of rotatable bonds is 8. The first-order valence-corrected chi connectivity index (χ1v) is 12.1. The van der Waals surface area contributed by atoms with Gasteiger partial charge in [-0.05, 0) is 50.1 Å². The Balaban J connectivity index is 2.02. The number of carbonyl (C=O) groups excluding carboxylic acids is 2. The first-order chi connectivity index (χ1) is 16.5. The van der Waals surface area contributed by atoms with Gasteiger partial charge in [0.05, 0.1) is 6.42 Å². The summed E-state index contributed by atoms with van der Waals surface area (Å²) in [4.78, 5) is 28.6. The second kappa shape index (κ2) is 11.7. The van der Waals surface area contributed by atoms with Gasteiger partial charge in [0, 0.05) is 34.1 Å². The molecule has 3 rings (SSSR count). The van der Waals surface area contributed by atoms with Crippen molar-refractivity contribution in [2.45, 2.75) is 51.7 Å². The van der Waals surface area contributed by atoms with Crippen LogP contribution in [0.1, 0.15) is 37.5 Å². The summed E-state index contributed by atoms with van der Waals surface area (Å²) >= 11 is 12.3. The average molecular weight is 515 g/mol. The van der Waals surface area contributed by atoms with Crippen LogP contribution in [0.2, 0.25) is 10.0 Å². The molecule has 7 heteroatoms. The second-order valence-electron chi connectivity index (χ2n) is 9.47. The summed E-state index contributed by atoms with van der Waals surface area (Å²) in [6, 6.07) is 19.8. The van der Waals surface area contributed by atoms with Gasteiger partial charge in [0.2, 0.25) is 11.8 Å². The number of hydrogen-bond acceptors (Lipinski definition) is 2. The molecule has 0 bridgehead atoms. The molecule has 0 saturated heterocycles. The van der Waals surface area contributed by atoms with E-state index < -0.39 is 17.4 Å². The molecule has 3 aromatic rings. The normalized spacial score (nSPS) is 12.2. The van der Waals surface area contributed by atoms with Gasteiger partial charge in [-0.2, -0.15) is 0 Å². The molecule has 3 aromatic carbocycles. The molecule has 184 valence electrons. The summed E-state index contributed by atoms with van der Waals surface area (Å²) in [6.07, 6.45) is 0.218. The Bertz CT molecular complexity index is 1180. The zero-order valence-electron chi connectivity index (χ0n) is 20.0. The van der Waals surface area contributed by atoms with Gasteiger partial charge in [0.1, 0.15) is 11.9 Å². The van der Waals surface area contributed by atoms with Gasteiger partial charge in [0.15, 0.2) is 0 Å². The molecule has 2 amide bonds. The molecule has 0 aliphatic carbocycles. The Labute approximate surface area is 216 Å². The van der Waals surface area contributed by atoms with Crippen LogP contribution in [0.5, 0.6) is 0 Å². The van der Waals surface area contributed by atoms with Crippen molar-refractivity contribution in [3.8, 4) is 0 Å². The lowest BCUT2D eigenvalue weighted by atomic mass is 9.99. The highest BCUT2D eigenvalue weighted by atomic mass is 35.5. The molecule has 0 spiro atoms. The maximum atomic E-state index is 14.6. The highest BCUT2D eigenvalue weighted by Crippen LogP contribution is 2.24. The molecule has 0 radical (unpaired) electrons. The summed E-state index contributed by atoms with van der Waals surface area (Å²) < 4.78 is 14.6. The third-order valence-corrected chi connectivity index (χ3v) is 6.01. The van der Waals surface area contributed by atoms with Gasteiger partial charge in [-0.15, -0.1) is 0 Å². The molecule has 0 aromatic heterocycles. The smallest absolute Gasteiger partial charge is 0.243 e. The summed E-state index contributed by atoms with van der Waals surface area (Å²) in [5, 5.41) is 3.80. The maximum Gasteiger partial charge on any atom is 0.243 e. The molecular weight excluding hydrogens is 486 g/mol. The number of carbonyl (C=O) groups is 2. The van der Waals surface area contributed by atoms with E-state index in [0.717, 1.165) is 5.56 Å². The van der Waals surface area contributed by atoms with Crippen LogP contribution in [-0.2, 0) is 29.0 Å². The fourth-order valence-electron chi connectivity index (χ4n) is 3.75. The topological polar surface area (TPSA) is 49.4 Å². The van der Waals surface area contributed by atoms with Crippen LogP contribution in [0.3, 0.4) is 0 Å². The van der Waals surface area contributed by atoms with Crippen LogP contribution in [0.15, 0.2) is 72.8 Å². The average Bonchev–Trinajstić information content (AvgIpc) is 2.78. The minimum atomic E-state index is -0.866. The molecule has 35 heavy (non-hydrogen) atoms. The van der Waals surface area contributed by atoms with Crippen LogP contribution >= 0.6 is 23.2 Å². The van der Waals surface area contributed by atoms with Crippen molar-refractivity contribution in [1.29, 1.82) is 0 Å². The van der Waals surface area contributed by atoms with Crippen LogP contribution < -0.4 is 5.32 Å². The lowest BCUT2D eigenvalue weighted by Crippen LogP contribution is -2.54. The number of hydrogen-bond donors (Lipinski definition) is 1. The van der Waals surface area contributed by atoms with E-state index in [1.54, 1.807) is 36.4 Å². The van der Waals surface area contributed by atoms with E-state index in [9.17, 15) is 14.0 Å². The van der Waals surface area contributed by atoms with E-state index in [1.165, 1.54) is 11.0 Å². The third kappa shape index (κ3) is 7.81. The zero-order valence-corrected chi connectivity index (χ0v) is 21.5. The molecule has 1 atom stereocenters. The lowest BCUT2D eigenvalue weighted by Gasteiger charge is -2.34. The largest absolute Gasteiger partial charge is 0.350 e. The van der Waals surface area contributed by atoms with Crippen molar-refractivity contribution >= 4 is 35.0 Å². The molecule has 0 unspecified atom stereocenters. The maximum absolute atomic E-state index is 14.6. The van der Waals surface area contributed by atoms with E-state index in [1.807, 2.05) is 51.1 Å². The molecule has 0 saturated carbocycles. The number of amides is 2. The van der Waals surface area contributed by atoms with Gasteiger partial charge < -0.3 is 10.2 Å². The molecule has 0 fully saturated rings. The molecule has 0 aliphatic heterocycles. The Hall–Kier alpha value is -2.89. The van der Waals surface area contributed by atoms with E-state index in [2.05, 4.69) is 5.32 Å². The summed E-state index contributed by atoms with van der Waals surface area (Å²) in [7, 11) is 0. The standard InChI is InChI=1S/C28H29Cl2FN2O2/c1-28(2,3)32-27(35)25(15-19-9-5-4-6-10-19)33(18-21-11-7-8-12-24(21)31)26(34)16-20-13-14-22(29)17-23(20)30/h4-14,17,25H,15-16,18H2,1-3H3,(H,32,35)/t25-/m1/s1. The fraction of sp³-hybridized carbons (Fsp3) is 0.286. The predicted octanol–water partition coefficient (Wildman–Crippen LogP) is 6.23. The zero-order chi connectivity index (χ0) is 25.6. The third-order valence-electron chi connectivity index (χ3n) is 5.42. The highest BCUT2D eigenvalue weighted by Gasteiger charge is 2.32. The van der Waals surface area contributed by atoms with Crippen molar-refractivity contribution < 1.29 is 14.0 Å². The number of nitrogens with one attached hydrogen (secondary N) is 1. The van der Waals surface area contributed by atoms with Gasteiger partial charge in [-0.1, -0.05) is 77.8 Å². The summed E-state index contributed by atoms with van der Waals surface area (Å²) in [5.74, 6) is -1.10. The van der Waals surface area contributed by atoms with Gasteiger partial charge in [-0.25, -0.2) is 4.39 Å². The summed E-state index contributed by atoms with van der Waals surface area (Å²) in [6.45, 7) is 5.56. The van der Waals surface area contributed by atoms with Crippen LogP contribution in [0.25, 0.3) is 0 Å². The minimum absolute atomic E-state index is 0.0570. The van der Waals surface area contributed by atoms with E-state index in [0.29, 0.717) is 21.2 Å². The van der Waals surface area contributed by atoms with Gasteiger partial charge in [-0.3, -0.25) is 9.59 Å². The molecule has 0 aliphatic rings. The Morgan fingerprint density at radius 3 is 2.23 bits per heavy atom. The fourth-order valence-corrected chi connectivity index (χ4v) is 4.22. The Morgan fingerprint density at radius 2 is 1.60 bits per heavy atom.